The number of ether oxygens (including phenoxy) is 1. The van der Waals surface area contributed by atoms with E-state index in [2.05, 4.69) is 15.3 Å². The number of rotatable bonds is 12. The fourth-order valence-corrected chi connectivity index (χ4v) is 5.62. The van der Waals surface area contributed by atoms with Crippen molar-refractivity contribution in [2.45, 2.75) is 39.7 Å². The van der Waals surface area contributed by atoms with Crippen molar-refractivity contribution in [1.82, 2.24) is 30.1 Å². The lowest BCUT2D eigenvalue weighted by atomic mass is 9.91. The Morgan fingerprint density at radius 3 is 2.64 bits per heavy atom. The van der Waals surface area contributed by atoms with E-state index in [-0.39, 0.29) is 30.4 Å². The molecule has 0 bridgehead atoms. The van der Waals surface area contributed by atoms with Crippen LogP contribution < -0.4 is 5.32 Å². The zero-order valence-corrected chi connectivity index (χ0v) is 25.4. The quantitative estimate of drug-likeness (QED) is 0.235. The highest BCUT2D eigenvalue weighted by Crippen LogP contribution is 2.37. The molecule has 3 aromatic heterocycles. The first-order chi connectivity index (χ1) is 21.3. The second kappa shape index (κ2) is 14.0. The number of hydrogen-bond acceptors (Lipinski definition) is 8. The third-order valence-electron chi connectivity index (χ3n) is 7.76. The van der Waals surface area contributed by atoms with E-state index in [9.17, 15) is 14.0 Å². The molecule has 1 amide bonds. The van der Waals surface area contributed by atoms with Crippen molar-refractivity contribution < 1.29 is 23.6 Å². The number of ketones is 1. The standard InChI is InChI=1S/C33H37FN6O4/c1-5-35-33(42)30-21(2)15-24(19-37-30)31-22(3)28(40(38-31)26-9-7-6-8-10-26)18-27(41)16-25-20-39(13-14-43-4)44-32(25)23-11-12-36-29(34)17-23/h6-12,15,17,19,25,32H,5,13-14,16,18,20H2,1-4H3,(H,35,42)/t25-,32+/m1/s1. The molecule has 0 saturated carbocycles. The Kier molecular flexibility index (Phi) is 9.89. The third-order valence-corrected chi connectivity index (χ3v) is 7.76. The summed E-state index contributed by atoms with van der Waals surface area (Å²) in [6, 6.07) is 14.6. The van der Waals surface area contributed by atoms with Crippen LogP contribution in [0.15, 0.2) is 60.9 Å². The van der Waals surface area contributed by atoms with Gasteiger partial charge >= 0.3 is 0 Å². The number of aromatic nitrogens is 4. The minimum Gasteiger partial charge on any atom is -0.383 e. The van der Waals surface area contributed by atoms with Crippen LogP contribution in [0.3, 0.4) is 0 Å². The monoisotopic (exact) mass is 600 g/mol. The fraction of sp³-hybridized carbons (Fsp3) is 0.364. The first kappa shape index (κ1) is 31.1. The summed E-state index contributed by atoms with van der Waals surface area (Å²) in [7, 11) is 1.62. The number of hydroxylamine groups is 2. The van der Waals surface area contributed by atoms with Gasteiger partial charge in [-0.3, -0.25) is 19.4 Å². The molecule has 4 heterocycles. The van der Waals surface area contributed by atoms with E-state index in [4.69, 9.17) is 14.7 Å². The summed E-state index contributed by atoms with van der Waals surface area (Å²) >= 11 is 0. The molecular weight excluding hydrogens is 563 g/mol. The number of Topliss-reactive ketones (excluding diaryl/α,β-unsaturated/α-hetero) is 1. The Morgan fingerprint density at radius 1 is 1.14 bits per heavy atom. The predicted molar refractivity (Wildman–Crippen MR) is 163 cm³/mol. The highest BCUT2D eigenvalue weighted by Gasteiger charge is 2.37. The molecule has 10 nitrogen and oxygen atoms in total. The van der Waals surface area contributed by atoms with Gasteiger partial charge in [0.05, 0.1) is 23.7 Å². The number of nitrogens with zero attached hydrogens (tertiary/aromatic N) is 5. The smallest absolute Gasteiger partial charge is 0.270 e. The predicted octanol–water partition coefficient (Wildman–Crippen LogP) is 4.59. The van der Waals surface area contributed by atoms with Crippen LogP contribution in [0.25, 0.3) is 16.9 Å². The number of nitrogens with one attached hydrogen (secondary N) is 1. The van der Waals surface area contributed by atoms with E-state index in [0.29, 0.717) is 43.2 Å². The maximum Gasteiger partial charge on any atom is 0.270 e. The molecule has 0 radical (unpaired) electrons. The Bertz CT molecular complexity index is 1630. The van der Waals surface area contributed by atoms with Gasteiger partial charge in [-0.15, -0.1) is 0 Å². The Hall–Kier alpha value is -4.32. The Labute approximate surface area is 256 Å². The summed E-state index contributed by atoms with van der Waals surface area (Å²) in [4.78, 5) is 40.4. The highest BCUT2D eigenvalue weighted by atomic mass is 19.1. The number of para-hydroxylation sites is 1. The molecule has 0 aliphatic carbocycles. The third kappa shape index (κ3) is 6.91. The van der Waals surface area contributed by atoms with Crippen LogP contribution in [-0.4, -0.2) is 69.9 Å². The number of carbonyl (C=O) groups excluding carboxylic acids is 2. The zero-order chi connectivity index (χ0) is 31.2. The van der Waals surface area contributed by atoms with Crippen molar-refractivity contribution in [3.05, 3.63) is 95.0 Å². The van der Waals surface area contributed by atoms with Crippen LogP contribution in [0.1, 0.15) is 52.3 Å². The van der Waals surface area contributed by atoms with Crippen molar-refractivity contribution >= 4 is 11.7 Å². The van der Waals surface area contributed by atoms with Crippen LogP contribution in [0.5, 0.6) is 0 Å². The average Bonchev–Trinajstić information content (AvgIpc) is 3.56. The minimum atomic E-state index is -0.592. The maximum absolute atomic E-state index is 14.0. The van der Waals surface area contributed by atoms with E-state index >= 15 is 0 Å². The maximum atomic E-state index is 14.0. The number of methoxy groups -OCH3 is 1. The molecule has 1 aliphatic rings. The van der Waals surface area contributed by atoms with Crippen molar-refractivity contribution in [3.8, 4) is 16.9 Å². The van der Waals surface area contributed by atoms with Gasteiger partial charge in [-0.25, -0.2) is 9.67 Å². The molecule has 1 aromatic carbocycles. The fourth-order valence-electron chi connectivity index (χ4n) is 5.62. The highest BCUT2D eigenvalue weighted by molar-refractivity contribution is 5.94. The number of hydrogen-bond donors (Lipinski definition) is 1. The average molecular weight is 601 g/mol. The van der Waals surface area contributed by atoms with Gasteiger partial charge in [-0.2, -0.15) is 14.6 Å². The molecule has 44 heavy (non-hydrogen) atoms. The molecule has 4 aromatic rings. The molecule has 0 unspecified atom stereocenters. The van der Waals surface area contributed by atoms with Gasteiger partial charge in [0, 0.05) is 63.5 Å². The first-order valence-electron chi connectivity index (χ1n) is 14.7. The molecule has 1 aliphatic heterocycles. The number of benzene rings is 1. The van der Waals surface area contributed by atoms with E-state index in [1.54, 1.807) is 29.1 Å². The van der Waals surface area contributed by atoms with E-state index in [1.165, 1.54) is 12.3 Å². The Balaban J connectivity index is 1.44. The summed E-state index contributed by atoms with van der Waals surface area (Å²) < 4.78 is 21.0. The van der Waals surface area contributed by atoms with Gasteiger partial charge < -0.3 is 10.1 Å². The van der Waals surface area contributed by atoms with E-state index < -0.39 is 12.1 Å². The molecule has 1 N–H and O–H groups in total. The normalized spacial score (nSPS) is 16.8. The summed E-state index contributed by atoms with van der Waals surface area (Å²) in [6.45, 7) is 7.67. The van der Waals surface area contributed by atoms with Crippen LogP contribution in [0, 0.1) is 25.7 Å². The van der Waals surface area contributed by atoms with Crippen molar-refractivity contribution in [3.63, 3.8) is 0 Å². The van der Waals surface area contributed by atoms with Gasteiger partial charge in [0.15, 0.2) is 0 Å². The second-order valence-corrected chi connectivity index (χ2v) is 10.9. The van der Waals surface area contributed by atoms with Crippen molar-refractivity contribution in [2.24, 2.45) is 5.92 Å². The largest absolute Gasteiger partial charge is 0.383 e. The van der Waals surface area contributed by atoms with Gasteiger partial charge in [0.2, 0.25) is 5.95 Å². The number of amides is 1. The van der Waals surface area contributed by atoms with E-state index in [0.717, 1.165) is 28.1 Å². The van der Waals surface area contributed by atoms with Crippen molar-refractivity contribution in [2.75, 3.05) is 33.4 Å². The molecule has 230 valence electrons. The van der Waals surface area contributed by atoms with Crippen LogP contribution in [0.2, 0.25) is 0 Å². The lowest BCUT2D eigenvalue weighted by molar-refractivity contribution is -0.155. The van der Waals surface area contributed by atoms with Gasteiger partial charge in [-0.1, -0.05) is 18.2 Å². The molecule has 5 rings (SSSR count). The lowest BCUT2D eigenvalue weighted by Gasteiger charge is -2.17. The summed E-state index contributed by atoms with van der Waals surface area (Å²) in [5.41, 5.74) is 5.64. The van der Waals surface area contributed by atoms with Gasteiger partial charge in [0.25, 0.3) is 5.91 Å². The SMILES string of the molecule is CCNC(=O)c1ncc(-c2nn(-c3ccccc3)c(CC(=O)C[C@@H]3CN(CCOC)O[C@H]3c3ccnc(F)c3)c2C)cc1C. The van der Waals surface area contributed by atoms with Crippen molar-refractivity contribution in [1.29, 1.82) is 0 Å². The summed E-state index contributed by atoms with van der Waals surface area (Å²) in [5, 5.41) is 9.50. The second-order valence-electron chi connectivity index (χ2n) is 10.9. The van der Waals surface area contributed by atoms with Crippen LogP contribution >= 0.6 is 0 Å². The first-order valence-corrected chi connectivity index (χ1v) is 14.7. The summed E-state index contributed by atoms with van der Waals surface area (Å²) in [6.07, 6.45) is 2.95. The number of aryl methyl sites for hydroxylation is 1. The molecule has 1 saturated heterocycles. The molecule has 11 heteroatoms. The topological polar surface area (TPSA) is 111 Å². The summed E-state index contributed by atoms with van der Waals surface area (Å²) in [5.74, 6) is -0.994. The van der Waals surface area contributed by atoms with Crippen LogP contribution in [-0.2, 0) is 20.8 Å². The molecule has 1 fully saturated rings. The minimum absolute atomic E-state index is 0.0133. The number of pyridine rings is 2. The van der Waals surface area contributed by atoms with Gasteiger partial charge in [-0.05, 0) is 67.8 Å². The number of carbonyl (C=O) groups is 2. The lowest BCUT2D eigenvalue weighted by Crippen LogP contribution is -2.24. The number of halogens is 1. The Morgan fingerprint density at radius 2 is 1.93 bits per heavy atom. The zero-order valence-electron chi connectivity index (χ0n) is 25.4. The molecular formula is C33H37FN6O4. The molecule has 2 atom stereocenters. The van der Waals surface area contributed by atoms with E-state index in [1.807, 2.05) is 57.2 Å². The van der Waals surface area contributed by atoms with Gasteiger partial charge in [0.1, 0.15) is 17.6 Å². The molecule has 0 spiro atoms. The van der Waals surface area contributed by atoms with Crippen LogP contribution in [0.4, 0.5) is 4.39 Å².